The number of benzene rings is 1. The van der Waals surface area contributed by atoms with Crippen molar-refractivity contribution in [2.24, 2.45) is 0 Å². The molecule has 0 saturated carbocycles. The van der Waals surface area contributed by atoms with Gasteiger partial charge in [-0.15, -0.1) is 0 Å². The first-order chi connectivity index (χ1) is 13.5. The number of thioether (sulfide) groups is 1. The third-order valence-corrected chi connectivity index (χ3v) is 6.88. The van der Waals surface area contributed by atoms with E-state index in [-0.39, 0.29) is 11.9 Å². The van der Waals surface area contributed by atoms with Crippen molar-refractivity contribution in [3.05, 3.63) is 29.8 Å². The highest BCUT2D eigenvalue weighted by Gasteiger charge is 2.57. The number of piperidine rings is 1. The standard InChI is InChI=1S/C21H31N3O3S/c1-5-24-20(26)23(14-17-7-6-8-18(13-17)27-3)19(25)21(24)9-11-22(12-10-21)16(2)15-28-4/h6-8,13,16H,5,9-12,14-15H2,1-4H3/t16-/m0/s1. The van der Waals surface area contributed by atoms with Gasteiger partial charge in [0, 0.05) is 31.4 Å². The quantitative estimate of drug-likeness (QED) is 0.653. The summed E-state index contributed by atoms with van der Waals surface area (Å²) in [4.78, 5) is 32.2. The minimum absolute atomic E-state index is 0.0423. The van der Waals surface area contributed by atoms with Crippen molar-refractivity contribution in [1.82, 2.24) is 14.7 Å². The fraction of sp³-hybridized carbons (Fsp3) is 0.619. The number of hydrogen-bond donors (Lipinski definition) is 0. The van der Waals surface area contributed by atoms with E-state index in [1.165, 1.54) is 4.90 Å². The van der Waals surface area contributed by atoms with Crippen LogP contribution in [-0.4, -0.2) is 77.0 Å². The fourth-order valence-corrected chi connectivity index (χ4v) is 5.17. The van der Waals surface area contributed by atoms with Crippen LogP contribution >= 0.6 is 11.8 Å². The molecule has 2 saturated heterocycles. The first-order valence-corrected chi connectivity index (χ1v) is 11.4. The Morgan fingerprint density at radius 2 is 1.96 bits per heavy atom. The number of rotatable bonds is 7. The Kier molecular flexibility index (Phi) is 6.55. The van der Waals surface area contributed by atoms with Crippen molar-refractivity contribution in [2.75, 3.05) is 38.8 Å². The minimum Gasteiger partial charge on any atom is -0.497 e. The number of hydrogen-bond acceptors (Lipinski definition) is 5. The van der Waals surface area contributed by atoms with Gasteiger partial charge in [-0.25, -0.2) is 4.79 Å². The monoisotopic (exact) mass is 405 g/mol. The van der Waals surface area contributed by atoms with Crippen LogP contribution in [0.1, 0.15) is 32.3 Å². The van der Waals surface area contributed by atoms with Gasteiger partial charge in [0.05, 0.1) is 13.7 Å². The molecule has 154 valence electrons. The molecular weight excluding hydrogens is 374 g/mol. The Balaban J connectivity index is 1.78. The highest BCUT2D eigenvalue weighted by Crippen LogP contribution is 2.38. The Hall–Kier alpha value is -1.73. The summed E-state index contributed by atoms with van der Waals surface area (Å²) in [5.41, 5.74) is 0.223. The van der Waals surface area contributed by atoms with E-state index in [0.29, 0.717) is 32.0 Å². The number of amides is 3. The molecule has 1 aromatic rings. The van der Waals surface area contributed by atoms with Gasteiger partial charge >= 0.3 is 6.03 Å². The normalized spacial score (nSPS) is 20.9. The van der Waals surface area contributed by atoms with Crippen LogP contribution in [0.2, 0.25) is 0 Å². The van der Waals surface area contributed by atoms with Crippen LogP contribution in [0.25, 0.3) is 0 Å². The maximum absolute atomic E-state index is 13.4. The van der Waals surface area contributed by atoms with Crippen LogP contribution in [0, 0.1) is 0 Å². The van der Waals surface area contributed by atoms with E-state index in [9.17, 15) is 9.59 Å². The van der Waals surface area contributed by atoms with E-state index < -0.39 is 5.54 Å². The summed E-state index contributed by atoms with van der Waals surface area (Å²) in [6, 6.07) is 7.88. The van der Waals surface area contributed by atoms with E-state index in [2.05, 4.69) is 18.1 Å². The number of nitrogens with zero attached hydrogens (tertiary/aromatic N) is 3. The number of ether oxygens (including phenoxy) is 1. The van der Waals surface area contributed by atoms with Crippen LogP contribution in [0.3, 0.4) is 0 Å². The van der Waals surface area contributed by atoms with Gasteiger partial charge < -0.3 is 9.64 Å². The summed E-state index contributed by atoms with van der Waals surface area (Å²) in [6.45, 7) is 6.75. The van der Waals surface area contributed by atoms with Crippen LogP contribution in [0.15, 0.2) is 24.3 Å². The lowest BCUT2D eigenvalue weighted by atomic mass is 9.85. The molecule has 6 nitrogen and oxygen atoms in total. The van der Waals surface area contributed by atoms with E-state index in [1.807, 2.05) is 43.0 Å². The van der Waals surface area contributed by atoms with Crippen LogP contribution in [-0.2, 0) is 11.3 Å². The molecule has 0 bridgehead atoms. The minimum atomic E-state index is -0.680. The molecule has 2 aliphatic heterocycles. The third-order valence-electron chi connectivity index (χ3n) is 6.07. The predicted molar refractivity (Wildman–Crippen MR) is 113 cm³/mol. The van der Waals surface area contributed by atoms with Gasteiger partial charge in [-0.2, -0.15) is 11.8 Å². The number of imide groups is 1. The molecule has 0 radical (unpaired) electrons. The van der Waals surface area contributed by atoms with E-state index in [0.717, 1.165) is 30.2 Å². The van der Waals surface area contributed by atoms with Gasteiger partial charge in [-0.05, 0) is 50.6 Å². The number of likely N-dealkylation sites (tertiary alicyclic amines) is 1. The zero-order valence-electron chi connectivity index (χ0n) is 17.3. The molecule has 1 atom stereocenters. The average molecular weight is 406 g/mol. The summed E-state index contributed by atoms with van der Waals surface area (Å²) >= 11 is 1.85. The molecule has 3 amide bonds. The second-order valence-electron chi connectivity index (χ2n) is 7.64. The molecule has 0 aromatic heterocycles. The zero-order valence-corrected chi connectivity index (χ0v) is 18.1. The molecular formula is C21H31N3O3S. The summed E-state index contributed by atoms with van der Waals surface area (Å²) in [7, 11) is 1.62. The SMILES string of the molecule is CCN1C(=O)N(Cc2cccc(OC)c2)C(=O)C12CCN([C@@H](C)CSC)CC2. The molecule has 0 aliphatic carbocycles. The van der Waals surface area contributed by atoms with Crippen molar-refractivity contribution in [3.8, 4) is 5.75 Å². The highest BCUT2D eigenvalue weighted by molar-refractivity contribution is 7.98. The summed E-state index contributed by atoms with van der Waals surface area (Å²) < 4.78 is 5.27. The van der Waals surface area contributed by atoms with E-state index in [4.69, 9.17) is 4.74 Å². The van der Waals surface area contributed by atoms with Crippen LogP contribution < -0.4 is 4.74 Å². The Labute approximate surface area is 172 Å². The average Bonchev–Trinajstić information content (AvgIpc) is 2.90. The highest BCUT2D eigenvalue weighted by atomic mass is 32.2. The predicted octanol–water partition coefficient (Wildman–Crippen LogP) is 3.07. The lowest BCUT2D eigenvalue weighted by molar-refractivity contribution is -0.136. The van der Waals surface area contributed by atoms with E-state index in [1.54, 1.807) is 12.0 Å². The van der Waals surface area contributed by atoms with Gasteiger partial charge in [0.25, 0.3) is 5.91 Å². The van der Waals surface area contributed by atoms with Crippen molar-refractivity contribution < 1.29 is 14.3 Å². The van der Waals surface area contributed by atoms with Crippen molar-refractivity contribution in [1.29, 1.82) is 0 Å². The van der Waals surface area contributed by atoms with Crippen molar-refractivity contribution >= 4 is 23.7 Å². The van der Waals surface area contributed by atoms with Gasteiger partial charge in [0.1, 0.15) is 11.3 Å². The summed E-state index contributed by atoms with van der Waals surface area (Å²) in [5.74, 6) is 1.77. The number of urea groups is 1. The molecule has 1 aromatic carbocycles. The number of carbonyl (C=O) groups excluding carboxylic acids is 2. The lowest BCUT2D eigenvalue weighted by Gasteiger charge is -2.43. The zero-order chi connectivity index (χ0) is 20.3. The van der Waals surface area contributed by atoms with Gasteiger partial charge in [0.15, 0.2) is 0 Å². The lowest BCUT2D eigenvalue weighted by Crippen LogP contribution is -2.57. The first-order valence-electron chi connectivity index (χ1n) is 9.96. The van der Waals surface area contributed by atoms with E-state index >= 15 is 0 Å². The second kappa shape index (κ2) is 8.74. The molecule has 0 N–H and O–H groups in total. The Morgan fingerprint density at radius 1 is 1.25 bits per heavy atom. The maximum Gasteiger partial charge on any atom is 0.327 e. The Bertz CT molecular complexity index is 719. The molecule has 3 rings (SSSR count). The first kappa shape index (κ1) is 21.0. The molecule has 2 aliphatic rings. The fourth-order valence-electron chi connectivity index (χ4n) is 4.48. The number of likely N-dealkylation sites (N-methyl/N-ethyl adjacent to an activating group) is 1. The molecule has 2 heterocycles. The molecule has 0 unspecified atom stereocenters. The second-order valence-corrected chi connectivity index (χ2v) is 8.55. The van der Waals surface area contributed by atoms with Crippen LogP contribution in [0.4, 0.5) is 4.79 Å². The maximum atomic E-state index is 13.4. The topological polar surface area (TPSA) is 53.1 Å². The van der Waals surface area contributed by atoms with Crippen molar-refractivity contribution in [3.63, 3.8) is 0 Å². The molecule has 2 fully saturated rings. The van der Waals surface area contributed by atoms with Gasteiger partial charge in [0.2, 0.25) is 0 Å². The van der Waals surface area contributed by atoms with Gasteiger partial charge in [-0.1, -0.05) is 12.1 Å². The molecule has 28 heavy (non-hydrogen) atoms. The summed E-state index contributed by atoms with van der Waals surface area (Å²) in [6.07, 6.45) is 3.54. The Morgan fingerprint density at radius 3 is 2.57 bits per heavy atom. The van der Waals surface area contributed by atoms with Crippen LogP contribution in [0.5, 0.6) is 5.75 Å². The largest absolute Gasteiger partial charge is 0.497 e. The van der Waals surface area contributed by atoms with Crippen molar-refractivity contribution in [2.45, 2.75) is 44.8 Å². The number of carbonyl (C=O) groups is 2. The third kappa shape index (κ3) is 3.74. The molecule has 7 heteroatoms. The summed E-state index contributed by atoms with van der Waals surface area (Å²) in [5, 5.41) is 0. The molecule has 1 spiro atoms. The smallest absolute Gasteiger partial charge is 0.327 e. The number of methoxy groups -OCH3 is 1. The van der Waals surface area contributed by atoms with Gasteiger partial charge in [-0.3, -0.25) is 14.6 Å².